The van der Waals surface area contributed by atoms with Gasteiger partial charge in [-0.3, -0.25) is 9.59 Å². The van der Waals surface area contributed by atoms with Crippen LogP contribution < -0.4 is 20.2 Å². The molecule has 0 saturated carbocycles. The number of ether oxygens (including phenoxy) is 2. The third kappa shape index (κ3) is 5.59. The van der Waals surface area contributed by atoms with E-state index >= 15 is 0 Å². The number of nitrogens with one attached hydrogen (secondary N) is 2. The number of carbonyl (C=O) groups excluding carboxylic acids is 2. The fourth-order valence-electron chi connectivity index (χ4n) is 2.07. The molecular formula is C18H18BrN3O4. The largest absolute Gasteiger partial charge is 0.496 e. The third-order valence-corrected chi connectivity index (χ3v) is 3.90. The van der Waals surface area contributed by atoms with Crippen LogP contribution in [0.15, 0.2) is 52.0 Å². The van der Waals surface area contributed by atoms with Gasteiger partial charge >= 0.3 is 0 Å². The quantitative estimate of drug-likeness (QED) is 0.410. The molecule has 0 spiro atoms. The predicted octanol–water partition coefficient (Wildman–Crippen LogP) is 2.95. The number of para-hydroxylation sites is 2. The number of hydrogen-bond acceptors (Lipinski definition) is 5. The van der Waals surface area contributed by atoms with Crippen LogP contribution in [0.1, 0.15) is 12.0 Å². The third-order valence-electron chi connectivity index (χ3n) is 3.28. The van der Waals surface area contributed by atoms with Crippen molar-refractivity contribution in [3.05, 3.63) is 52.5 Å². The van der Waals surface area contributed by atoms with Gasteiger partial charge in [0.05, 0.1) is 30.6 Å². The molecule has 0 aliphatic heterocycles. The van der Waals surface area contributed by atoms with Crippen molar-refractivity contribution < 1.29 is 19.1 Å². The first-order valence-electron chi connectivity index (χ1n) is 7.61. The maximum absolute atomic E-state index is 11.9. The van der Waals surface area contributed by atoms with Crippen LogP contribution in [0, 0.1) is 0 Å². The SMILES string of the molecule is COc1ccc(C=NNC(=O)CC(=O)Nc2ccccc2OC)cc1Br. The molecule has 2 rings (SSSR count). The van der Waals surface area contributed by atoms with E-state index in [0.29, 0.717) is 17.2 Å². The molecule has 0 aliphatic carbocycles. The Morgan fingerprint density at radius 1 is 1.08 bits per heavy atom. The van der Waals surface area contributed by atoms with E-state index in [9.17, 15) is 9.59 Å². The van der Waals surface area contributed by atoms with Crippen molar-refractivity contribution in [1.29, 1.82) is 0 Å². The van der Waals surface area contributed by atoms with Gasteiger partial charge in [-0.1, -0.05) is 12.1 Å². The molecule has 0 fully saturated rings. The maximum atomic E-state index is 11.9. The second kappa shape index (κ2) is 9.57. The van der Waals surface area contributed by atoms with Crippen LogP contribution in [-0.2, 0) is 9.59 Å². The number of benzene rings is 2. The summed E-state index contributed by atoms with van der Waals surface area (Å²) in [6.45, 7) is 0. The molecule has 7 nitrogen and oxygen atoms in total. The molecule has 2 N–H and O–H groups in total. The van der Waals surface area contributed by atoms with Gasteiger partial charge in [0, 0.05) is 0 Å². The Morgan fingerprint density at radius 2 is 1.81 bits per heavy atom. The summed E-state index contributed by atoms with van der Waals surface area (Å²) in [5.41, 5.74) is 3.58. The molecular weight excluding hydrogens is 402 g/mol. The minimum absolute atomic E-state index is 0.359. The minimum Gasteiger partial charge on any atom is -0.496 e. The molecule has 0 heterocycles. The van der Waals surface area contributed by atoms with E-state index in [0.717, 1.165) is 10.0 Å². The second-order valence-electron chi connectivity index (χ2n) is 5.11. The molecule has 0 radical (unpaired) electrons. The van der Waals surface area contributed by atoms with Crippen LogP contribution in [-0.4, -0.2) is 32.2 Å². The lowest BCUT2D eigenvalue weighted by Gasteiger charge is -2.09. The van der Waals surface area contributed by atoms with E-state index in [1.807, 2.05) is 0 Å². The van der Waals surface area contributed by atoms with E-state index < -0.39 is 11.8 Å². The number of halogens is 1. The Bertz CT molecular complexity index is 824. The topological polar surface area (TPSA) is 89.0 Å². The number of hydrogen-bond donors (Lipinski definition) is 2. The Balaban J connectivity index is 1.86. The van der Waals surface area contributed by atoms with Crippen molar-refractivity contribution in [2.75, 3.05) is 19.5 Å². The first-order chi connectivity index (χ1) is 12.5. The maximum Gasteiger partial charge on any atom is 0.249 e. The molecule has 0 bridgehead atoms. The highest BCUT2D eigenvalue weighted by atomic mass is 79.9. The highest BCUT2D eigenvalue weighted by molar-refractivity contribution is 9.10. The van der Waals surface area contributed by atoms with Crippen LogP contribution >= 0.6 is 15.9 Å². The molecule has 8 heteroatoms. The van der Waals surface area contributed by atoms with Gasteiger partial charge < -0.3 is 14.8 Å². The normalized spacial score (nSPS) is 10.4. The predicted molar refractivity (Wildman–Crippen MR) is 103 cm³/mol. The fourth-order valence-corrected chi connectivity index (χ4v) is 2.63. The van der Waals surface area contributed by atoms with Crippen molar-refractivity contribution in [3.8, 4) is 11.5 Å². The molecule has 0 saturated heterocycles. The van der Waals surface area contributed by atoms with E-state index in [1.165, 1.54) is 13.3 Å². The van der Waals surface area contributed by atoms with Gasteiger partial charge in [-0.25, -0.2) is 5.43 Å². The summed E-state index contributed by atoms with van der Waals surface area (Å²) in [6.07, 6.45) is 1.11. The van der Waals surface area contributed by atoms with E-state index in [-0.39, 0.29) is 6.42 Å². The second-order valence-corrected chi connectivity index (χ2v) is 5.97. The van der Waals surface area contributed by atoms with Crippen molar-refractivity contribution in [2.45, 2.75) is 6.42 Å². The number of amides is 2. The average molecular weight is 420 g/mol. The molecule has 2 amide bonds. The van der Waals surface area contributed by atoms with E-state index in [2.05, 4.69) is 31.8 Å². The standard InChI is InChI=1S/C18H18BrN3O4/c1-25-15-8-7-12(9-13(15)19)11-20-22-18(24)10-17(23)21-14-5-3-4-6-16(14)26-2/h3-9,11H,10H2,1-2H3,(H,21,23)(H,22,24). The minimum atomic E-state index is -0.527. The smallest absolute Gasteiger partial charge is 0.249 e. The molecule has 0 unspecified atom stereocenters. The Kier molecular flexibility index (Phi) is 7.16. The number of rotatable bonds is 7. The highest BCUT2D eigenvalue weighted by Crippen LogP contribution is 2.25. The van der Waals surface area contributed by atoms with Crippen molar-refractivity contribution in [1.82, 2.24) is 5.43 Å². The van der Waals surface area contributed by atoms with Gasteiger partial charge in [0.15, 0.2) is 0 Å². The van der Waals surface area contributed by atoms with Gasteiger partial charge in [0.25, 0.3) is 0 Å². The van der Waals surface area contributed by atoms with Gasteiger partial charge in [0.1, 0.15) is 17.9 Å². The first kappa shape index (κ1) is 19.5. The Morgan fingerprint density at radius 3 is 2.50 bits per heavy atom. The molecule has 0 aliphatic rings. The van der Waals surface area contributed by atoms with Crippen LogP contribution in [0.3, 0.4) is 0 Å². The molecule has 0 atom stereocenters. The van der Waals surface area contributed by atoms with Gasteiger partial charge in [-0.2, -0.15) is 5.10 Å². The Hall–Kier alpha value is -2.87. The van der Waals surface area contributed by atoms with Gasteiger partial charge in [-0.05, 0) is 51.8 Å². The number of anilines is 1. The molecule has 2 aromatic carbocycles. The van der Waals surface area contributed by atoms with E-state index in [4.69, 9.17) is 9.47 Å². The number of methoxy groups -OCH3 is 2. The molecule has 136 valence electrons. The summed E-state index contributed by atoms with van der Waals surface area (Å²) in [6, 6.07) is 12.3. The van der Waals surface area contributed by atoms with Gasteiger partial charge in [-0.15, -0.1) is 0 Å². The van der Waals surface area contributed by atoms with Crippen molar-refractivity contribution in [3.63, 3.8) is 0 Å². The number of hydrazone groups is 1. The number of carbonyl (C=O) groups is 2. The summed E-state index contributed by atoms with van der Waals surface area (Å²) in [5.74, 6) is 0.221. The zero-order valence-electron chi connectivity index (χ0n) is 14.3. The average Bonchev–Trinajstić information content (AvgIpc) is 2.62. The summed E-state index contributed by atoms with van der Waals surface area (Å²) < 4.78 is 11.0. The molecule has 2 aromatic rings. The zero-order chi connectivity index (χ0) is 18.9. The van der Waals surface area contributed by atoms with Crippen LogP contribution in [0.2, 0.25) is 0 Å². The lowest BCUT2D eigenvalue weighted by atomic mass is 10.2. The van der Waals surface area contributed by atoms with Crippen molar-refractivity contribution >= 4 is 39.6 Å². The summed E-state index contributed by atoms with van der Waals surface area (Å²) in [5, 5.41) is 6.46. The monoisotopic (exact) mass is 419 g/mol. The zero-order valence-corrected chi connectivity index (χ0v) is 15.9. The van der Waals surface area contributed by atoms with Crippen LogP contribution in [0.5, 0.6) is 11.5 Å². The number of nitrogens with zero attached hydrogens (tertiary/aromatic N) is 1. The lowest BCUT2D eigenvalue weighted by molar-refractivity contribution is -0.126. The first-order valence-corrected chi connectivity index (χ1v) is 8.41. The molecule has 0 aromatic heterocycles. The molecule has 26 heavy (non-hydrogen) atoms. The van der Waals surface area contributed by atoms with E-state index in [1.54, 1.807) is 49.6 Å². The summed E-state index contributed by atoms with van der Waals surface area (Å²) >= 11 is 3.37. The lowest BCUT2D eigenvalue weighted by Crippen LogP contribution is -2.24. The summed E-state index contributed by atoms with van der Waals surface area (Å²) in [7, 11) is 3.08. The fraction of sp³-hybridized carbons (Fsp3) is 0.167. The van der Waals surface area contributed by atoms with Gasteiger partial charge in [0.2, 0.25) is 11.8 Å². The summed E-state index contributed by atoms with van der Waals surface area (Å²) in [4.78, 5) is 23.7. The van der Waals surface area contributed by atoms with Crippen molar-refractivity contribution in [2.24, 2.45) is 5.10 Å². The van der Waals surface area contributed by atoms with Crippen LogP contribution in [0.25, 0.3) is 0 Å². The van der Waals surface area contributed by atoms with Crippen LogP contribution in [0.4, 0.5) is 5.69 Å². The Labute approximate surface area is 159 Å². The highest BCUT2D eigenvalue weighted by Gasteiger charge is 2.11.